The van der Waals surface area contributed by atoms with Crippen LogP contribution in [0, 0.1) is 0 Å². The van der Waals surface area contributed by atoms with Gasteiger partial charge in [-0.1, -0.05) is 30.3 Å². The molecular weight excluding hydrogens is 224 g/mol. The van der Waals surface area contributed by atoms with E-state index in [2.05, 4.69) is 24.3 Å². The first kappa shape index (κ1) is 10.9. The molecule has 0 fully saturated rings. The van der Waals surface area contributed by atoms with Gasteiger partial charge in [0.1, 0.15) is 11.5 Å². The fraction of sp³-hybridized carbons (Fsp3) is 0.125. The fourth-order valence-corrected chi connectivity index (χ4v) is 2.35. The van der Waals surface area contributed by atoms with E-state index >= 15 is 0 Å². The number of benzene rings is 3. The van der Waals surface area contributed by atoms with Crippen molar-refractivity contribution in [1.29, 1.82) is 0 Å². The number of hydrogen-bond donors (Lipinski definition) is 0. The van der Waals surface area contributed by atoms with Crippen LogP contribution in [0.1, 0.15) is 0 Å². The Bertz CT molecular complexity index is 717. The highest BCUT2D eigenvalue weighted by Gasteiger charge is 2.08. The summed E-state index contributed by atoms with van der Waals surface area (Å²) in [5.41, 5.74) is 0. The molecule has 3 aromatic rings. The van der Waals surface area contributed by atoms with Crippen LogP contribution in [0.25, 0.3) is 21.5 Å². The minimum Gasteiger partial charge on any atom is -0.497 e. The first-order valence-corrected chi connectivity index (χ1v) is 5.87. The quantitative estimate of drug-likeness (QED) is 0.628. The smallest absolute Gasteiger partial charge is 0.134 e. The summed E-state index contributed by atoms with van der Waals surface area (Å²) in [4.78, 5) is 0. The third-order valence-corrected chi connectivity index (χ3v) is 3.23. The Kier molecular flexibility index (Phi) is 2.56. The highest BCUT2D eigenvalue weighted by molar-refractivity contribution is 6.05. The number of methoxy groups -OCH3 is 2. The van der Waals surface area contributed by atoms with E-state index in [-0.39, 0.29) is 0 Å². The molecule has 2 heteroatoms. The lowest BCUT2D eigenvalue weighted by molar-refractivity contribution is 0.413. The minimum atomic E-state index is 0.844. The summed E-state index contributed by atoms with van der Waals surface area (Å²) in [5.74, 6) is 1.75. The Morgan fingerprint density at radius 2 is 1.50 bits per heavy atom. The largest absolute Gasteiger partial charge is 0.497 e. The van der Waals surface area contributed by atoms with Crippen molar-refractivity contribution in [2.45, 2.75) is 0 Å². The van der Waals surface area contributed by atoms with Crippen LogP contribution in [0.2, 0.25) is 0 Å². The van der Waals surface area contributed by atoms with E-state index in [0.717, 1.165) is 27.7 Å². The van der Waals surface area contributed by atoms with Crippen LogP contribution >= 0.6 is 0 Å². The van der Waals surface area contributed by atoms with Crippen molar-refractivity contribution in [2.75, 3.05) is 14.2 Å². The molecule has 0 unspecified atom stereocenters. The molecule has 0 radical (unpaired) electrons. The van der Waals surface area contributed by atoms with E-state index < -0.39 is 0 Å². The second kappa shape index (κ2) is 4.22. The molecule has 0 heterocycles. The molecule has 3 rings (SSSR count). The molecular formula is C16H14O2. The van der Waals surface area contributed by atoms with Gasteiger partial charge in [-0.2, -0.15) is 0 Å². The molecule has 18 heavy (non-hydrogen) atoms. The van der Waals surface area contributed by atoms with E-state index in [9.17, 15) is 0 Å². The molecule has 0 saturated heterocycles. The zero-order valence-electron chi connectivity index (χ0n) is 10.4. The van der Waals surface area contributed by atoms with Gasteiger partial charge in [0.05, 0.1) is 14.2 Å². The average molecular weight is 238 g/mol. The van der Waals surface area contributed by atoms with Gasteiger partial charge in [-0.15, -0.1) is 0 Å². The standard InChI is InChI=1S/C16H14O2/c1-17-13-8-7-12-9-11-5-3-4-6-14(11)16(18-2)15(12)10-13/h3-10H,1-2H3. The molecule has 0 spiro atoms. The Hall–Kier alpha value is -2.22. The zero-order valence-corrected chi connectivity index (χ0v) is 10.4. The Labute approximate surface area is 106 Å². The van der Waals surface area contributed by atoms with Crippen LogP contribution in [0.4, 0.5) is 0 Å². The van der Waals surface area contributed by atoms with E-state index in [1.54, 1.807) is 14.2 Å². The van der Waals surface area contributed by atoms with Crippen LogP contribution in [0.5, 0.6) is 11.5 Å². The molecule has 2 nitrogen and oxygen atoms in total. The van der Waals surface area contributed by atoms with Gasteiger partial charge in [-0.25, -0.2) is 0 Å². The number of hydrogen-bond acceptors (Lipinski definition) is 2. The van der Waals surface area contributed by atoms with Crippen molar-refractivity contribution in [3.05, 3.63) is 48.5 Å². The zero-order chi connectivity index (χ0) is 12.5. The van der Waals surface area contributed by atoms with Gasteiger partial charge in [0.25, 0.3) is 0 Å². The van der Waals surface area contributed by atoms with Crippen molar-refractivity contribution in [3.63, 3.8) is 0 Å². The minimum absolute atomic E-state index is 0.844. The molecule has 0 atom stereocenters. The number of fused-ring (bicyclic) bond motifs is 2. The third kappa shape index (κ3) is 1.58. The van der Waals surface area contributed by atoms with Crippen molar-refractivity contribution >= 4 is 21.5 Å². The summed E-state index contributed by atoms with van der Waals surface area (Å²) in [6.07, 6.45) is 0. The molecule has 3 aromatic carbocycles. The lowest BCUT2D eigenvalue weighted by Crippen LogP contribution is -1.89. The van der Waals surface area contributed by atoms with Gasteiger partial charge in [-0.05, 0) is 29.0 Å². The lowest BCUT2D eigenvalue weighted by atomic mass is 10.0. The van der Waals surface area contributed by atoms with Gasteiger partial charge in [0.15, 0.2) is 0 Å². The predicted octanol–water partition coefficient (Wildman–Crippen LogP) is 4.01. The van der Waals surface area contributed by atoms with E-state index in [1.807, 2.05) is 24.3 Å². The Morgan fingerprint density at radius 3 is 2.28 bits per heavy atom. The maximum Gasteiger partial charge on any atom is 0.134 e. The van der Waals surface area contributed by atoms with Gasteiger partial charge in [-0.3, -0.25) is 0 Å². The summed E-state index contributed by atoms with van der Waals surface area (Å²) in [6, 6.07) is 16.5. The van der Waals surface area contributed by atoms with Crippen LogP contribution < -0.4 is 9.47 Å². The molecule has 0 bridgehead atoms. The lowest BCUT2D eigenvalue weighted by Gasteiger charge is -2.11. The van der Waals surface area contributed by atoms with Gasteiger partial charge in [0, 0.05) is 10.8 Å². The van der Waals surface area contributed by atoms with Crippen molar-refractivity contribution < 1.29 is 9.47 Å². The Balaban J connectivity index is 2.46. The van der Waals surface area contributed by atoms with Crippen LogP contribution in [-0.4, -0.2) is 14.2 Å². The van der Waals surface area contributed by atoms with Crippen LogP contribution in [0.3, 0.4) is 0 Å². The third-order valence-electron chi connectivity index (χ3n) is 3.23. The second-order valence-corrected chi connectivity index (χ2v) is 4.22. The van der Waals surface area contributed by atoms with Crippen LogP contribution in [0.15, 0.2) is 48.5 Å². The molecule has 0 aliphatic carbocycles. The van der Waals surface area contributed by atoms with Crippen molar-refractivity contribution in [2.24, 2.45) is 0 Å². The maximum atomic E-state index is 5.58. The summed E-state index contributed by atoms with van der Waals surface area (Å²) >= 11 is 0. The monoisotopic (exact) mass is 238 g/mol. The van der Waals surface area contributed by atoms with Crippen molar-refractivity contribution in [1.82, 2.24) is 0 Å². The van der Waals surface area contributed by atoms with E-state index in [1.165, 1.54) is 5.39 Å². The molecule has 0 aromatic heterocycles. The summed E-state index contributed by atoms with van der Waals surface area (Å²) in [6.45, 7) is 0. The Morgan fingerprint density at radius 1 is 0.722 bits per heavy atom. The maximum absolute atomic E-state index is 5.58. The summed E-state index contributed by atoms with van der Waals surface area (Å²) in [7, 11) is 3.38. The fourth-order valence-electron chi connectivity index (χ4n) is 2.35. The highest BCUT2D eigenvalue weighted by Crippen LogP contribution is 2.36. The SMILES string of the molecule is COc1ccc2cc3ccccc3c(OC)c2c1. The molecule has 0 N–H and O–H groups in total. The van der Waals surface area contributed by atoms with Crippen molar-refractivity contribution in [3.8, 4) is 11.5 Å². The van der Waals surface area contributed by atoms with Gasteiger partial charge < -0.3 is 9.47 Å². The van der Waals surface area contributed by atoms with E-state index in [4.69, 9.17) is 9.47 Å². The molecule has 0 saturated carbocycles. The summed E-state index contributed by atoms with van der Waals surface area (Å²) < 4.78 is 10.9. The second-order valence-electron chi connectivity index (χ2n) is 4.22. The molecule has 0 amide bonds. The van der Waals surface area contributed by atoms with Gasteiger partial charge >= 0.3 is 0 Å². The van der Waals surface area contributed by atoms with E-state index in [0.29, 0.717) is 0 Å². The molecule has 0 aliphatic heterocycles. The first-order chi connectivity index (χ1) is 8.83. The average Bonchev–Trinajstić information content (AvgIpc) is 2.44. The molecule has 0 aliphatic rings. The normalized spacial score (nSPS) is 10.8. The summed E-state index contributed by atoms with van der Waals surface area (Å²) in [5, 5.41) is 4.55. The first-order valence-electron chi connectivity index (χ1n) is 5.87. The number of rotatable bonds is 2. The van der Waals surface area contributed by atoms with Gasteiger partial charge in [0.2, 0.25) is 0 Å². The molecule has 90 valence electrons. The topological polar surface area (TPSA) is 18.5 Å². The highest BCUT2D eigenvalue weighted by atomic mass is 16.5. The van der Waals surface area contributed by atoms with Crippen LogP contribution in [-0.2, 0) is 0 Å². The number of ether oxygens (including phenoxy) is 2. The predicted molar refractivity (Wildman–Crippen MR) is 74.6 cm³/mol.